The van der Waals surface area contributed by atoms with Gasteiger partial charge in [0, 0.05) is 25.5 Å². The Morgan fingerprint density at radius 3 is 2.61 bits per heavy atom. The number of imidazole rings is 1. The Kier molecular flexibility index (Phi) is 4.49. The Morgan fingerprint density at radius 2 is 1.96 bits per heavy atom. The van der Waals surface area contributed by atoms with Crippen LogP contribution in [-0.4, -0.2) is 34.7 Å². The Balaban J connectivity index is 1.75. The van der Waals surface area contributed by atoms with E-state index in [0.717, 1.165) is 22.7 Å². The lowest BCUT2D eigenvalue weighted by atomic mass is 10.2. The average Bonchev–Trinajstić information content (AvgIpc) is 3.30. The number of aromatic nitrogens is 2. The van der Waals surface area contributed by atoms with Crippen LogP contribution in [0, 0.1) is 0 Å². The van der Waals surface area contributed by atoms with Crippen molar-refractivity contribution in [3.8, 4) is 0 Å². The van der Waals surface area contributed by atoms with Gasteiger partial charge in [-0.15, -0.1) is 0 Å². The van der Waals surface area contributed by atoms with E-state index in [1.165, 1.54) is 0 Å². The first-order valence-corrected chi connectivity index (χ1v) is 8.81. The lowest BCUT2D eigenvalue weighted by molar-refractivity contribution is 0.0697. The topological polar surface area (TPSA) is 83.5 Å². The molecule has 4 rings (SSSR count). The number of carbonyl (C=O) groups is 1. The molecule has 142 valence electrons. The highest BCUT2D eigenvalue weighted by atomic mass is 16.4. The van der Waals surface area contributed by atoms with Crippen LogP contribution >= 0.6 is 0 Å². The maximum atomic E-state index is 11.3. The van der Waals surface area contributed by atoms with Crippen LogP contribution in [-0.2, 0) is 6.54 Å². The number of nitrogens with one attached hydrogen (secondary N) is 1. The van der Waals surface area contributed by atoms with Crippen LogP contribution in [0.5, 0.6) is 0 Å². The first-order valence-electron chi connectivity index (χ1n) is 8.81. The normalized spacial score (nSPS) is 10.9. The lowest BCUT2D eigenvalue weighted by Gasteiger charge is -2.14. The summed E-state index contributed by atoms with van der Waals surface area (Å²) in [6, 6.07) is 16.7. The number of nitrogens with zero attached hydrogens (tertiary/aromatic N) is 3. The highest BCUT2D eigenvalue weighted by molar-refractivity contribution is 5.93. The number of benzene rings is 2. The lowest BCUT2D eigenvalue weighted by Crippen LogP contribution is -2.08. The average molecular weight is 376 g/mol. The molecule has 0 amide bonds. The number of hydrogen-bond donors (Lipinski definition) is 2. The molecule has 0 saturated heterocycles. The summed E-state index contributed by atoms with van der Waals surface area (Å²) in [6.45, 7) is 0.480. The van der Waals surface area contributed by atoms with Crippen LogP contribution in [0.2, 0.25) is 0 Å². The predicted molar refractivity (Wildman–Crippen MR) is 109 cm³/mol. The molecule has 2 N–H and O–H groups in total. The van der Waals surface area contributed by atoms with Crippen LogP contribution in [0.1, 0.15) is 16.1 Å². The van der Waals surface area contributed by atoms with Gasteiger partial charge in [0.25, 0.3) is 0 Å². The molecule has 7 heteroatoms. The summed E-state index contributed by atoms with van der Waals surface area (Å²) in [6.07, 6.45) is 1.63. The summed E-state index contributed by atoms with van der Waals surface area (Å²) >= 11 is 0. The Morgan fingerprint density at radius 1 is 1.18 bits per heavy atom. The molecule has 0 aliphatic rings. The molecule has 0 aliphatic heterocycles. The van der Waals surface area contributed by atoms with Crippen LogP contribution in [0.15, 0.2) is 65.3 Å². The highest BCUT2D eigenvalue weighted by Gasteiger charge is 2.15. The van der Waals surface area contributed by atoms with E-state index in [1.807, 2.05) is 60.0 Å². The minimum absolute atomic E-state index is 0.206. The molecule has 0 atom stereocenters. The molecule has 0 fully saturated rings. The van der Waals surface area contributed by atoms with Gasteiger partial charge in [0.05, 0.1) is 29.4 Å². The third-order valence-electron chi connectivity index (χ3n) is 4.53. The molecule has 0 radical (unpaired) electrons. The zero-order valence-corrected chi connectivity index (χ0v) is 15.6. The molecular weight excluding hydrogens is 356 g/mol. The number of carboxylic acid groups (broad SMARTS) is 1. The summed E-state index contributed by atoms with van der Waals surface area (Å²) in [5, 5.41) is 12.6. The van der Waals surface area contributed by atoms with Crippen molar-refractivity contribution < 1.29 is 14.3 Å². The van der Waals surface area contributed by atoms with Gasteiger partial charge in [-0.1, -0.05) is 0 Å². The minimum Gasteiger partial charge on any atom is -0.478 e. The second-order valence-corrected chi connectivity index (χ2v) is 6.68. The molecular formula is C21H20N4O3. The summed E-state index contributed by atoms with van der Waals surface area (Å²) in [4.78, 5) is 18.0. The third-order valence-corrected chi connectivity index (χ3v) is 4.53. The second-order valence-electron chi connectivity index (χ2n) is 6.68. The molecule has 0 spiro atoms. The third kappa shape index (κ3) is 3.42. The van der Waals surface area contributed by atoms with Gasteiger partial charge in [0.2, 0.25) is 5.95 Å². The largest absolute Gasteiger partial charge is 0.478 e. The number of anilines is 3. The van der Waals surface area contributed by atoms with E-state index in [4.69, 9.17) is 4.42 Å². The zero-order valence-electron chi connectivity index (χ0n) is 15.6. The monoisotopic (exact) mass is 376 g/mol. The Labute approximate surface area is 161 Å². The molecule has 2 aromatic heterocycles. The van der Waals surface area contributed by atoms with Gasteiger partial charge in [-0.2, -0.15) is 0 Å². The van der Waals surface area contributed by atoms with Gasteiger partial charge < -0.3 is 24.3 Å². The van der Waals surface area contributed by atoms with E-state index < -0.39 is 5.97 Å². The number of carboxylic acids is 1. The van der Waals surface area contributed by atoms with Crippen LogP contribution in [0.3, 0.4) is 0 Å². The van der Waals surface area contributed by atoms with Gasteiger partial charge in [-0.3, -0.25) is 0 Å². The van der Waals surface area contributed by atoms with E-state index in [1.54, 1.807) is 24.5 Å². The molecule has 28 heavy (non-hydrogen) atoms. The summed E-state index contributed by atoms with van der Waals surface area (Å²) < 4.78 is 7.46. The maximum absolute atomic E-state index is 11.3. The minimum atomic E-state index is -0.976. The van der Waals surface area contributed by atoms with E-state index in [9.17, 15) is 9.90 Å². The zero-order chi connectivity index (χ0) is 19.7. The van der Waals surface area contributed by atoms with E-state index in [-0.39, 0.29) is 5.56 Å². The number of fused-ring (bicyclic) bond motifs is 1. The van der Waals surface area contributed by atoms with Gasteiger partial charge in [-0.25, -0.2) is 9.78 Å². The first-order chi connectivity index (χ1) is 13.5. The molecule has 2 heterocycles. The number of hydrogen-bond acceptors (Lipinski definition) is 5. The van der Waals surface area contributed by atoms with Crippen molar-refractivity contribution in [1.29, 1.82) is 0 Å². The fraction of sp³-hybridized carbons (Fsp3) is 0.143. The smallest absolute Gasteiger partial charge is 0.335 e. The first kappa shape index (κ1) is 17.7. The van der Waals surface area contributed by atoms with Crippen molar-refractivity contribution >= 4 is 34.3 Å². The molecule has 2 aromatic carbocycles. The second kappa shape index (κ2) is 7.11. The summed E-state index contributed by atoms with van der Waals surface area (Å²) in [5.74, 6) is 0.426. The van der Waals surface area contributed by atoms with Crippen molar-refractivity contribution in [2.24, 2.45) is 0 Å². The SMILES string of the molecule is CN(C)c1ccc(Nc2nc3cc(C(=O)O)ccc3n2Cc2ccco2)cc1. The van der Waals surface area contributed by atoms with Gasteiger partial charge in [-0.05, 0) is 54.6 Å². The van der Waals surface area contributed by atoms with E-state index in [0.29, 0.717) is 18.0 Å². The number of furan rings is 1. The van der Waals surface area contributed by atoms with Crippen molar-refractivity contribution in [3.05, 3.63) is 72.2 Å². The molecule has 0 unspecified atom stereocenters. The summed E-state index contributed by atoms with van der Waals surface area (Å²) in [5.41, 5.74) is 3.63. The Bertz CT molecular complexity index is 1110. The number of aromatic carboxylic acids is 1. The number of rotatable bonds is 6. The van der Waals surface area contributed by atoms with E-state index in [2.05, 4.69) is 10.3 Å². The summed E-state index contributed by atoms with van der Waals surface area (Å²) in [7, 11) is 3.98. The quantitative estimate of drug-likeness (QED) is 0.525. The predicted octanol–water partition coefficient (Wildman–Crippen LogP) is 4.19. The van der Waals surface area contributed by atoms with Gasteiger partial charge in [0.15, 0.2) is 0 Å². The molecule has 7 nitrogen and oxygen atoms in total. The maximum Gasteiger partial charge on any atom is 0.335 e. The van der Waals surface area contributed by atoms with Crippen LogP contribution in [0.4, 0.5) is 17.3 Å². The molecule has 0 bridgehead atoms. The van der Waals surface area contributed by atoms with Gasteiger partial charge in [0.1, 0.15) is 5.76 Å². The fourth-order valence-corrected chi connectivity index (χ4v) is 3.05. The standard InChI is InChI=1S/C21H20N4O3/c1-24(2)16-8-6-15(7-9-16)22-21-23-18-12-14(20(26)27)5-10-19(18)25(21)13-17-4-3-11-28-17/h3-12H,13H2,1-2H3,(H,22,23)(H,26,27). The van der Waals surface area contributed by atoms with Gasteiger partial charge >= 0.3 is 5.97 Å². The highest BCUT2D eigenvalue weighted by Crippen LogP contribution is 2.26. The van der Waals surface area contributed by atoms with Crippen molar-refractivity contribution in [2.45, 2.75) is 6.54 Å². The molecule has 4 aromatic rings. The molecule has 0 saturated carbocycles. The van der Waals surface area contributed by atoms with Crippen molar-refractivity contribution in [3.63, 3.8) is 0 Å². The Hall–Kier alpha value is -3.74. The van der Waals surface area contributed by atoms with Crippen LogP contribution < -0.4 is 10.2 Å². The molecule has 0 aliphatic carbocycles. The fourth-order valence-electron chi connectivity index (χ4n) is 3.05. The van der Waals surface area contributed by atoms with E-state index >= 15 is 0 Å². The van der Waals surface area contributed by atoms with Crippen molar-refractivity contribution in [2.75, 3.05) is 24.3 Å². The van der Waals surface area contributed by atoms with Crippen molar-refractivity contribution in [1.82, 2.24) is 9.55 Å². The van der Waals surface area contributed by atoms with Crippen LogP contribution in [0.25, 0.3) is 11.0 Å².